The summed E-state index contributed by atoms with van der Waals surface area (Å²) in [6.45, 7) is 2.26. The summed E-state index contributed by atoms with van der Waals surface area (Å²) in [5.74, 6) is 0.0110. The molecular weight excluding hydrogens is 290 g/mol. The van der Waals surface area contributed by atoms with E-state index in [0.29, 0.717) is 24.3 Å². The predicted octanol–water partition coefficient (Wildman–Crippen LogP) is 2.17. The molecule has 0 saturated carbocycles. The van der Waals surface area contributed by atoms with E-state index in [-0.39, 0.29) is 5.78 Å². The molecule has 0 aliphatic carbocycles. The van der Waals surface area contributed by atoms with Crippen LogP contribution >= 0.6 is 0 Å². The van der Waals surface area contributed by atoms with Crippen molar-refractivity contribution in [2.45, 2.75) is 13.0 Å². The normalized spacial score (nSPS) is 10.9. The van der Waals surface area contributed by atoms with Crippen LogP contribution < -0.4 is 5.73 Å². The summed E-state index contributed by atoms with van der Waals surface area (Å²) < 4.78 is 5.08. The molecule has 0 saturated heterocycles. The van der Waals surface area contributed by atoms with Gasteiger partial charge in [0.15, 0.2) is 5.78 Å². The van der Waals surface area contributed by atoms with Gasteiger partial charge in [0.25, 0.3) is 0 Å². The number of ether oxygens (including phenoxy) is 1. The molecule has 0 spiro atoms. The molecule has 0 aliphatic rings. The van der Waals surface area contributed by atoms with Crippen LogP contribution in [0.15, 0.2) is 42.7 Å². The number of anilines is 1. The number of rotatable bonds is 8. The molecule has 1 heterocycles. The third-order valence-corrected chi connectivity index (χ3v) is 3.64. The lowest BCUT2D eigenvalue weighted by Gasteiger charge is -2.17. The van der Waals surface area contributed by atoms with Gasteiger partial charge in [0.2, 0.25) is 0 Å². The van der Waals surface area contributed by atoms with Gasteiger partial charge in [-0.25, -0.2) is 0 Å². The van der Waals surface area contributed by atoms with Crippen LogP contribution in [-0.4, -0.2) is 43.0 Å². The SMILES string of the molecule is COCCN(C)Cc1ccc(N)c(C(=O)Cc2cccnc2)c1. The molecule has 0 aliphatic heterocycles. The lowest BCUT2D eigenvalue weighted by Crippen LogP contribution is -2.22. The monoisotopic (exact) mass is 313 g/mol. The number of ketones is 1. The first kappa shape index (κ1) is 17.1. The van der Waals surface area contributed by atoms with Crippen LogP contribution in [0, 0.1) is 0 Å². The first-order chi connectivity index (χ1) is 11.1. The molecule has 122 valence electrons. The van der Waals surface area contributed by atoms with E-state index in [1.54, 1.807) is 25.6 Å². The number of carbonyl (C=O) groups is 1. The number of aromatic nitrogens is 1. The molecule has 0 atom stereocenters. The number of nitrogens with zero attached hydrogens (tertiary/aromatic N) is 2. The van der Waals surface area contributed by atoms with Crippen LogP contribution in [0.3, 0.4) is 0 Å². The summed E-state index contributed by atoms with van der Waals surface area (Å²) in [5, 5.41) is 0. The Balaban J connectivity index is 2.09. The zero-order chi connectivity index (χ0) is 16.7. The maximum Gasteiger partial charge on any atom is 0.169 e. The van der Waals surface area contributed by atoms with Crippen molar-refractivity contribution in [3.05, 3.63) is 59.4 Å². The highest BCUT2D eigenvalue weighted by Gasteiger charge is 2.12. The van der Waals surface area contributed by atoms with Crippen molar-refractivity contribution in [1.82, 2.24) is 9.88 Å². The largest absolute Gasteiger partial charge is 0.398 e. The Labute approximate surface area is 137 Å². The van der Waals surface area contributed by atoms with Gasteiger partial charge in [0.1, 0.15) is 0 Å². The third kappa shape index (κ3) is 5.16. The van der Waals surface area contributed by atoms with Crippen LogP contribution in [0.2, 0.25) is 0 Å². The molecule has 2 N–H and O–H groups in total. The van der Waals surface area contributed by atoms with E-state index in [1.165, 1.54) is 0 Å². The number of carbonyl (C=O) groups excluding carboxylic acids is 1. The van der Waals surface area contributed by atoms with Crippen molar-refractivity contribution >= 4 is 11.5 Å². The minimum absolute atomic E-state index is 0.0110. The summed E-state index contributed by atoms with van der Waals surface area (Å²) >= 11 is 0. The van der Waals surface area contributed by atoms with Gasteiger partial charge < -0.3 is 10.5 Å². The standard InChI is InChI=1S/C18H23N3O2/c1-21(8-9-23-2)13-15-5-6-17(19)16(10-15)18(22)11-14-4-3-7-20-12-14/h3-7,10,12H,8-9,11,13,19H2,1-2H3. The number of likely N-dealkylation sites (N-methyl/N-ethyl adjacent to an activating group) is 1. The third-order valence-electron chi connectivity index (χ3n) is 3.64. The quantitative estimate of drug-likeness (QED) is 0.597. The number of pyridine rings is 1. The number of benzene rings is 1. The van der Waals surface area contributed by atoms with Crippen LogP contribution in [0.4, 0.5) is 5.69 Å². The zero-order valence-corrected chi connectivity index (χ0v) is 13.7. The fourth-order valence-electron chi connectivity index (χ4n) is 2.36. The van der Waals surface area contributed by atoms with Gasteiger partial charge in [0.05, 0.1) is 6.61 Å². The second-order valence-electron chi connectivity index (χ2n) is 5.61. The molecule has 5 heteroatoms. The Morgan fingerprint density at radius 1 is 1.30 bits per heavy atom. The van der Waals surface area contributed by atoms with Crippen LogP contribution in [0.25, 0.3) is 0 Å². The van der Waals surface area contributed by atoms with Crippen molar-refractivity contribution in [2.24, 2.45) is 0 Å². The molecule has 23 heavy (non-hydrogen) atoms. The predicted molar refractivity (Wildman–Crippen MR) is 91.3 cm³/mol. The van der Waals surface area contributed by atoms with E-state index < -0.39 is 0 Å². The summed E-state index contributed by atoms with van der Waals surface area (Å²) in [4.78, 5) is 18.7. The Hall–Kier alpha value is -2.24. The Kier molecular flexibility index (Phi) is 6.26. The summed E-state index contributed by atoms with van der Waals surface area (Å²) in [7, 11) is 3.71. The highest BCUT2D eigenvalue weighted by Crippen LogP contribution is 2.18. The van der Waals surface area contributed by atoms with Gasteiger partial charge >= 0.3 is 0 Å². The molecule has 0 amide bonds. The molecule has 2 rings (SSSR count). The van der Waals surface area contributed by atoms with Gasteiger partial charge in [-0.05, 0) is 36.4 Å². The second-order valence-corrected chi connectivity index (χ2v) is 5.61. The molecule has 5 nitrogen and oxygen atoms in total. The molecule has 0 bridgehead atoms. The van der Waals surface area contributed by atoms with Crippen molar-refractivity contribution in [1.29, 1.82) is 0 Å². The average molecular weight is 313 g/mol. The highest BCUT2D eigenvalue weighted by molar-refractivity contribution is 6.02. The van der Waals surface area contributed by atoms with Crippen molar-refractivity contribution in [3.8, 4) is 0 Å². The highest BCUT2D eigenvalue weighted by atomic mass is 16.5. The fourth-order valence-corrected chi connectivity index (χ4v) is 2.36. The zero-order valence-electron chi connectivity index (χ0n) is 13.7. The number of hydrogen-bond donors (Lipinski definition) is 1. The maximum atomic E-state index is 12.5. The van der Waals surface area contributed by atoms with E-state index in [1.807, 2.05) is 31.3 Å². The van der Waals surface area contributed by atoms with Crippen LogP contribution in [0.1, 0.15) is 21.5 Å². The van der Waals surface area contributed by atoms with Gasteiger partial charge in [-0.1, -0.05) is 12.1 Å². The van der Waals surface area contributed by atoms with E-state index in [9.17, 15) is 4.79 Å². The molecule has 1 aromatic heterocycles. The lowest BCUT2D eigenvalue weighted by atomic mass is 10.00. The molecule has 0 unspecified atom stereocenters. The number of nitrogens with two attached hydrogens (primary N) is 1. The first-order valence-corrected chi connectivity index (χ1v) is 7.58. The van der Waals surface area contributed by atoms with Gasteiger partial charge in [0, 0.05) is 50.3 Å². The summed E-state index contributed by atoms with van der Waals surface area (Å²) in [5.41, 5.74) is 9.03. The van der Waals surface area contributed by atoms with Crippen molar-refractivity contribution < 1.29 is 9.53 Å². The summed E-state index contributed by atoms with van der Waals surface area (Å²) in [6.07, 6.45) is 3.70. The van der Waals surface area contributed by atoms with Crippen molar-refractivity contribution in [2.75, 3.05) is 33.0 Å². The van der Waals surface area contributed by atoms with Crippen molar-refractivity contribution in [3.63, 3.8) is 0 Å². The summed E-state index contributed by atoms with van der Waals surface area (Å²) in [6, 6.07) is 9.36. The van der Waals surface area contributed by atoms with E-state index in [2.05, 4.69) is 9.88 Å². The number of nitrogen functional groups attached to an aromatic ring is 1. The Morgan fingerprint density at radius 2 is 2.13 bits per heavy atom. The minimum Gasteiger partial charge on any atom is -0.398 e. The molecule has 0 radical (unpaired) electrons. The Morgan fingerprint density at radius 3 is 2.83 bits per heavy atom. The van der Waals surface area contributed by atoms with Gasteiger partial charge in [-0.2, -0.15) is 0 Å². The Bertz CT molecular complexity index is 644. The number of Topliss-reactive ketones (excluding diaryl/α,β-unsaturated/α-hetero) is 1. The van der Waals surface area contributed by atoms with Crippen LogP contribution in [0.5, 0.6) is 0 Å². The van der Waals surface area contributed by atoms with Gasteiger partial charge in [-0.15, -0.1) is 0 Å². The molecular formula is C18H23N3O2. The second kappa shape index (κ2) is 8.41. The van der Waals surface area contributed by atoms with Gasteiger partial charge in [-0.3, -0.25) is 14.7 Å². The molecule has 1 aromatic carbocycles. The maximum absolute atomic E-state index is 12.5. The number of hydrogen-bond acceptors (Lipinski definition) is 5. The molecule has 2 aromatic rings. The lowest BCUT2D eigenvalue weighted by molar-refractivity contribution is 0.0993. The number of methoxy groups -OCH3 is 1. The van der Waals surface area contributed by atoms with E-state index >= 15 is 0 Å². The first-order valence-electron chi connectivity index (χ1n) is 7.58. The smallest absolute Gasteiger partial charge is 0.169 e. The topological polar surface area (TPSA) is 68.5 Å². The van der Waals surface area contributed by atoms with E-state index in [4.69, 9.17) is 10.5 Å². The fraction of sp³-hybridized carbons (Fsp3) is 0.333. The minimum atomic E-state index is 0.0110. The van der Waals surface area contributed by atoms with E-state index in [0.717, 1.165) is 24.2 Å². The molecule has 0 fully saturated rings. The van der Waals surface area contributed by atoms with Crippen LogP contribution in [-0.2, 0) is 17.7 Å². The average Bonchev–Trinajstić information content (AvgIpc) is 2.55.